The molecule has 0 unspecified atom stereocenters. The lowest BCUT2D eigenvalue weighted by Gasteiger charge is -2.34. The molecule has 0 radical (unpaired) electrons. The first kappa shape index (κ1) is 18.2. The van der Waals surface area contributed by atoms with E-state index in [-0.39, 0.29) is 18.4 Å². The van der Waals surface area contributed by atoms with E-state index in [4.69, 9.17) is 4.52 Å². The number of carbonyl (C=O) groups is 2. The first-order valence-corrected chi connectivity index (χ1v) is 9.06. The van der Waals surface area contributed by atoms with Crippen molar-refractivity contribution in [1.29, 1.82) is 0 Å². The zero-order valence-corrected chi connectivity index (χ0v) is 15.6. The number of hydrogen-bond donors (Lipinski definition) is 0. The van der Waals surface area contributed by atoms with Crippen molar-refractivity contribution >= 4 is 11.8 Å². The molecule has 1 aliphatic rings. The summed E-state index contributed by atoms with van der Waals surface area (Å²) >= 11 is 0. The van der Waals surface area contributed by atoms with Crippen molar-refractivity contribution in [3.63, 3.8) is 0 Å². The van der Waals surface area contributed by atoms with Gasteiger partial charge in [-0.25, -0.2) is 0 Å². The van der Waals surface area contributed by atoms with E-state index in [1.165, 1.54) is 17.3 Å². The molecular weight excluding hydrogens is 330 g/mol. The first-order valence-electron chi connectivity index (χ1n) is 9.06. The van der Waals surface area contributed by atoms with E-state index in [0.717, 1.165) is 12.0 Å². The topological polar surface area (TPSA) is 66.7 Å². The van der Waals surface area contributed by atoms with Crippen LogP contribution in [0.2, 0.25) is 0 Å². The molecule has 26 heavy (non-hydrogen) atoms. The third-order valence-corrected chi connectivity index (χ3v) is 4.90. The standard InChI is InChI=1S/C20H25N3O3/c1-4-5-18-17(11-21-26-18)20(25)23-9-8-22(19(24)13-23)12-16-7-6-14(2)15(3)10-16/h6-7,10-11H,4-5,8-9,12-13H2,1-3H3. The molecule has 6 nitrogen and oxygen atoms in total. The number of piperazine rings is 1. The normalized spacial score (nSPS) is 14.8. The van der Waals surface area contributed by atoms with Gasteiger partial charge in [-0.2, -0.15) is 0 Å². The minimum Gasteiger partial charge on any atom is -0.361 e. The minimum absolute atomic E-state index is 0.0312. The fraction of sp³-hybridized carbons (Fsp3) is 0.450. The molecule has 0 N–H and O–H groups in total. The smallest absolute Gasteiger partial charge is 0.259 e. The van der Waals surface area contributed by atoms with Crippen molar-refractivity contribution in [1.82, 2.24) is 15.0 Å². The van der Waals surface area contributed by atoms with E-state index >= 15 is 0 Å². The van der Waals surface area contributed by atoms with Crippen molar-refractivity contribution in [2.75, 3.05) is 19.6 Å². The summed E-state index contributed by atoms with van der Waals surface area (Å²) in [5.74, 6) is 0.396. The Bertz CT molecular complexity index is 812. The van der Waals surface area contributed by atoms with Crippen molar-refractivity contribution in [2.45, 2.75) is 40.2 Å². The second-order valence-electron chi connectivity index (χ2n) is 6.87. The number of hydrogen-bond acceptors (Lipinski definition) is 4. The van der Waals surface area contributed by atoms with E-state index in [2.05, 4.69) is 37.2 Å². The average molecular weight is 355 g/mol. The summed E-state index contributed by atoms with van der Waals surface area (Å²) in [4.78, 5) is 28.6. The van der Waals surface area contributed by atoms with Gasteiger partial charge in [-0.05, 0) is 37.0 Å². The molecule has 6 heteroatoms. The van der Waals surface area contributed by atoms with Crippen LogP contribution in [0.25, 0.3) is 0 Å². The van der Waals surface area contributed by atoms with Gasteiger partial charge in [0.25, 0.3) is 5.91 Å². The van der Waals surface area contributed by atoms with Crippen molar-refractivity contribution in [3.05, 3.63) is 52.4 Å². The fourth-order valence-corrected chi connectivity index (χ4v) is 3.19. The molecule has 1 saturated heterocycles. The molecule has 0 atom stereocenters. The maximum atomic E-state index is 12.7. The molecule has 0 aliphatic carbocycles. The number of benzene rings is 1. The van der Waals surface area contributed by atoms with E-state index in [1.807, 2.05) is 11.8 Å². The largest absolute Gasteiger partial charge is 0.361 e. The number of carbonyl (C=O) groups excluding carboxylic acids is 2. The van der Waals surface area contributed by atoms with Gasteiger partial charge in [0, 0.05) is 26.1 Å². The molecule has 2 heterocycles. The van der Waals surface area contributed by atoms with Crippen molar-refractivity contribution in [3.8, 4) is 0 Å². The third kappa shape index (κ3) is 3.79. The van der Waals surface area contributed by atoms with Crippen LogP contribution in [0.1, 0.15) is 46.2 Å². The summed E-state index contributed by atoms with van der Waals surface area (Å²) in [6, 6.07) is 6.26. The van der Waals surface area contributed by atoms with E-state index < -0.39 is 0 Å². The zero-order chi connectivity index (χ0) is 18.7. The monoisotopic (exact) mass is 355 g/mol. The molecule has 1 aromatic carbocycles. The lowest BCUT2D eigenvalue weighted by molar-refractivity contribution is -0.135. The molecule has 0 saturated carbocycles. The maximum absolute atomic E-state index is 12.7. The van der Waals surface area contributed by atoms with Gasteiger partial charge in [-0.1, -0.05) is 30.3 Å². The van der Waals surface area contributed by atoms with Gasteiger partial charge < -0.3 is 14.3 Å². The highest BCUT2D eigenvalue weighted by Gasteiger charge is 2.29. The number of rotatable bonds is 5. The highest BCUT2D eigenvalue weighted by molar-refractivity contribution is 5.97. The van der Waals surface area contributed by atoms with Crippen molar-refractivity contribution in [2.24, 2.45) is 0 Å². The summed E-state index contributed by atoms with van der Waals surface area (Å²) in [6.45, 7) is 7.90. The van der Waals surface area contributed by atoms with Gasteiger partial charge >= 0.3 is 0 Å². The Balaban J connectivity index is 1.64. The molecule has 2 amide bonds. The molecule has 1 aromatic heterocycles. The number of aromatic nitrogens is 1. The van der Waals surface area contributed by atoms with Gasteiger partial charge in [-0.3, -0.25) is 9.59 Å². The van der Waals surface area contributed by atoms with Gasteiger partial charge in [0.2, 0.25) is 5.91 Å². The van der Waals surface area contributed by atoms with Crippen LogP contribution in [0.4, 0.5) is 0 Å². The molecular formula is C20H25N3O3. The summed E-state index contributed by atoms with van der Waals surface area (Å²) in [7, 11) is 0. The van der Waals surface area contributed by atoms with Gasteiger partial charge in [0.15, 0.2) is 0 Å². The SMILES string of the molecule is CCCc1oncc1C(=O)N1CCN(Cc2ccc(C)c(C)c2)C(=O)C1. The second-order valence-corrected chi connectivity index (χ2v) is 6.87. The molecule has 1 aliphatic heterocycles. The Kier molecular flexibility index (Phi) is 5.40. The molecule has 1 fully saturated rings. The maximum Gasteiger partial charge on any atom is 0.259 e. The Labute approximate surface area is 153 Å². The Morgan fingerprint density at radius 2 is 2.04 bits per heavy atom. The third-order valence-electron chi connectivity index (χ3n) is 4.90. The zero-order valence-electron chi connectivity index (χ0n) is 15.6. The van der Waals surface area contributed by atoms with E-state index in [0.29, 0.717) is 37.4 Å². The molecule has 2 aromatic rings. The highest BCUT2D eigenvalue weighted by Crippen LogP contribution is 2.17. The fourth-order valence-electron chi connectivity index (χ4n) is 3.19. The molecule has 0 bridgehead atoms. The summed E-state index contributed by atoms with van der Waals surface area (Å²) < 4.78 is 5.17. The predicted molar refractivity (Wildman–Crippen MR) is 97.7 cm³/mol. The average Bonchev–Trinajstić information content (AvgIpc) is 3.08. The van der Waals surface area contributed by atoms with E-state index in [1.54, 1.807) is 4.90 Å². The Hall–Kier alpha value is -2.63. The first-order chi connectivity index (χ1) is 12.5. The van der Waals surface area contributed by atoms with E-state index in [9.17, 15) is 9.59 Å². The van der Waals surface area contributed by atoms with Crippen molar-refractivity contribution < 1.29 is 14.1 Å². The van der Waals surface area contributed by atoms with Crippen LogP contribution in [-0.4, -0.2) is 46.4 Å². The van der Waals surface area contributed by atoms with Gasteiger partial charge in [0.05, 0.1) is 6.20 Å². The summed E-state index contributed by atoms with van der Waals surface area (Å²) in [5, 5.41) is 3.74. The van der Waals surface area contributed by atoms with Crippen LogP contribution in [-0.2, 0) is 17.8 Å². The summed E-state index contributed by atoms with van der Waals surface area (Å²) in [6.07, 6.45) is 3.00. The molecule has 138 valence electrons. The Morgan fingerprint density at radius 3 is 2.73 bits per heavy atom. The predicted octanol–water partition coefficient (Wildman–Crippen LogP) is 2.73. The highest BCUT2D eigenvalue weighted by atomic mass is 16.5. The second kappa shape index (κ2) is 7.72. The molecule has 0 spiro atoms. The van der Waals surface area contributed by atoms with Gasteiger partial charge in [0.1, 0.15) is 17.9 Å². The number of nitrogens with zero attached hydrogens (tertiary/aromatic N) is 3. The van der Waals surface area contributed by atoms with Crippen LogP contribution < -0.4 is 0 Å². The number of amides is 2. The Morgan fingerprint density at radius 1 is 1.23 bits per heavy atom. The van der Waals surface area contributed by atoms with Gasteiger partial charge in [-0.15, -0.1) is 0 Å². The lowest BCUT2D eigenvalue weighted by Crippen LogP contribution is -2.51. The van der Waals surface area contributed by atoms with Crippen LogP contribution >= 0.6 is 0 Å². The minimum atomic E-state index is -0.172. The quantitative estimate of drug-likeness (QED) is 0.827. The summed E-state index contributed by atoms with van der Waals surface area (Å²) in [5.41, 5.74) is 4.06. The lowest BCUT2D eigenvalue weighted by atomic mass is 10.1. The van der Waals surface area contributed by atoms with Crippen LogP contribution in [0.15, 0.2) is 28.9 Å². The molecule has 3 rings (SSSR count). The van der Waals surface area contributed by atoms with Crippen LogP contribution in [0.3, 0.4) is 0 Å². The van der Waals surface area contributed by atoms with Crippen LogP contribution in [0.5, 0.6) is 0 Å². The number of aryl methyl sites for hydroxylation is 3. The van der Waals surface area contributed by atoms with Crippen LogP contribution in [0, 0.1) is 13.8 Å².